The highest BCUT2D eigenvalue weighted by Crippen LogP contribution is 2.21. The van der Waals surface area contributed by atoms with E-state index in [0.717, 1.165) is 11.3 Å². The number of benzene rings is 1. The molecule has 7 nitrogen and oxygen atoms in total. The van der Waals surface area contributed by atoms with E-state index in [9.17, 15) is 9.59 Å². The average molecular weight is 358 g/mol. The number of thioether (sulfide) groups is 1. The molecule has 8 heteroatoms. The van der Waals surface area contributed by atoms with Crippen molar-refractivity contribution >= 4 is 23.5 Å². The molecule has 1 aromatic carbocycles. The maximum absolute atomic E-state index is 12.0. The van der Waals surface area contributed by atoms with Gasteiger partial charge >= 0.3 is 5.97 Å². The molecule has 0 bridgehead atoms. The van der Waals surface area contributed by atoms with E-state index in [1.54, 1.807) is 4.40 Å². The van der Waals surface area contributed by atoms with E-state index in [1.165, 1.54) is 17.8 Å². The maximum Gasteiger partial charge on any atom is 0.316 e. The predicted molar refractivity (Wildman–Crippen MR) is 94.7 cm³/mol. The van der Waals surface area contributed by atoms with E-state index in [0.29, 0.717) is 10.9 Å². The van der Waals surface area contributed by atoms with Crippen molar-refractivity contribution in [1.29, 1.82) is 0 Å². The zero-order valence-corrected chi connectivity index (χ0v) is 14.7. The van der Waals surface area contributed by atoms with Gasteiger partial charge in [0.25, 0.3) is 5.56 Å². The standard InChI is InChI=1S/C17H18N4O3S/c1-11(2)13-8-14(22)18-16-19-20-17(21(13)16)25-10-15(23)24-9-12-6-4-3-5-7-12/h3-8,11H,9-10H2,1-2H3,(H,18,19,22). The molecule has 0 aliphatic carbocycles. The first-order valence-corrected chi connectivity index (χ1v) is 8.84. The van der Waals surface area contributed by atoms with Gasteiger partial charge in [-0.1, -0.05) is 55.9 Å². The number of aromatic nitrogens is 4. The molecular formula is C17H18N4O3S. The van der Waals surface area contributed by atoms with Gasteiger partial charge in [0.05, 0.1) is 5.75 Å². The summed E-state index contributed by atoms with van der Waals surface area (Å²) in [6.45, 7) is 4.21. The number of nitrogens with one attached hydrogen (secondary N) is 1. The van der Waals surface area contributed by atoms with Gasteiger partial charge in [0.15, 0.2) is 5.16 Å². The summed E-state index contributed by atoms with van der Waals surface area (Å²) in [7, 11) is 0. The average Bonchev–Trinajstić information content (AvgIpc) is 3.01. The van der Waals surface area contributed by atoms with Crippen LogP contribution in [0.1, 0.15) is 31.0 Å². The lowest BCUT2D eigenvalue weighted by Gasteiger charge is -2.09. The highest BCUT2D eigenvalue weighted by Gasteiger charge is 2.15. The third-order valence-corrected chi connectivity index (χ3v) is 4.46. The smallest absolute Gasteiger partial charge is 0.316 e. The Labute approximate surface area is 148 Å². The number of fused-ring (bicyclic) bond motifs is 1. The largest absolute Gasteiger partial charge is 0.460 e. The van der Waals surface area contributed by atoms with Crippen LogP contribution < -0.4 is 5.56 Å². The number of H-pyrrole nitrogens is 1. The first-order valence-electron chi connectivity index (χ1n) is 7.85. The molecule has 0 saturated carbocycles. The van der Waals surface area contributed by atoms with Crippen molar-refractivity contribution in [2.24, 2.45) is 0 Å². The summed E-state index contributed by atoms with van der Waals surface area (Å²) in [4.78, 5) is 26.3. The molecule has 0 unspecified atom stereocenters. The SMILES string of the molecule is CC(C)c1cc(=O)[nH]c2nnc(SCC(=O)OCc3ccccc3)n12. The third kappa shape index (κ3) is 4.08. The molecule has 1 N–H and O–H groups in total. The fourth-order valence-corrected chi connectivity index (χ4v) is 3.10. The number of nitrogens with zero attached hydrogens (tertiary/aromatic N) is 3. The van der Waals surface area contributed by atoms with E-state index >= 15 is 0 Å². The number of hydrogen-bond donors (Lipinski definition) is 1. The summed E-state index contributed by atoms with van der Waals surface area (Å²) in [6, 6.07) is 11.0. The molecule has 0 aliphatic rings. The molecule has 0 atom stereocenters. The highest BCUT2D eigenvalue weighted by atomic mass is 32.2. The fraction of sp³-hybridized carbons (Fsp3) is 0.294. The summed E-state index contributed by atoms with van der Waals surface area (Å²) in [5.74, 6) is 0.271. The molecule has 25 heavy (non-hydrogen) atoms. The van der Waals surface area contributed by atoms with Crippen molar-refractivity contribution in [2.45, 2.75) is 31.5 Å². The van der Waals surface area contributed by atoms with Crippen molar-refractivity contribution in [3.05, 3.63) is 58.0 Å². The Morgan fingerprint density at radius 2 is 2.04 bits per heavy atom. The van der Waals surface area contributed by atoms with Crippen molar-refractivity contribution in [3.8, 4) is 0 Å². The third-order valence-electron chi connectivity index (χ3n) is 3.56. The molecule has 130 valence electrons. The zero-order valence-electron chi connectivity index (χ0n) is 13.9. The first kappa shape index (κ1) is 17.2. The summed E-state index contributed by atoms with van der Waals surface area (Å²) in [5, 5.41) is 8.59. The van der Waals surface area contributed by atoms with Crippen molar-refractivity contribution in [1.82, 2.24) is 19.6 Å². The van der Waals surface area contributed by atoms with Crippen molar-refractivity contribution in [2.75, 3.05) is 5.75 Å². The van der Waals surface area contributed by atoms with Gasteiger partial charge in [-0.3, -0.25) is 19.0 Å². The van der Waals surface area contributed by atoms with Crippen LogP contribution in [0.25, 0.3) is 5.78 Å². The summed E-state index contributed by atoms with van der Waals surface area (Å²) < 4.78 is 7.03. The molecular weight excluding hydrogens is 340 g/mol. The normalized spacial score (nSPS) is 11.2. The first-order chi connectivity index (χ1) is 12.0. The zero-order chi connectivity index (χ0) is 17.8. The van der Waals surface area contributed by atoms with Crippen LogP contribution in [0.15, 0.2) is 46.3 Å². The van der Waals surface area contributed by atoms with Crippen LogP contribution in [0.4, 0.5) is 0 Å². The number of aromatic amines is 1. The number of carbonyl (C=O) groups excluding carboxylic acids is 1. The van der Waals surface area contributed by atoms with Gasteiger partial charge in [-0.05, 0) is 11.5 Å². The molecule has 2 aromatic heterocycles. The molecule has 0 spiro atoms. The molecule has 2 heterocycles. The minimum atomic E-state index is -0.332. The Balaban J connectivity index is 1.69. The van der Waals surface area contributed by atoms with Crippen LogP contribution in [0.3, 0.4) is 0 Å². The van der Waals surface area contributed by atoms with E-state index in [2.05, 4.69) is 15.2 Å². The minimum absolute atomic E-state index is 0.115. The molecule has 0 radical (unpaired) electrons. The van der Waals surface area contributed by atoms with Gasteiger partial charge in [-0.2, -0.15) is 0 Å². The van der Waals surface area contributed by atoms with Crippen molar-refractivity contribution < 1.29 is 9.53 Å². The lowest BCUT2D eigenvalue weighted by molar-refractivity contribution is -0.141. The maximum atomic E-state index is 12.0. The molecule has 0 aliphatic heterocycles. The predicted octanol–water partition coefficient (Wildman–Crippen LogP) is 2.38. The topological polar surface area (TPSA) is 89.4 Å². The number of carbonyl (C=O) groups is 1. The number of ether oxygens (including phenoxy) is 1. The van der Waals surface area contributed by atoms with Crippen molar-refractivity contribution in [3.63, 3.8) is 0 Å². The van der Waals surface area contributed by atoms with Gasteiger partial charge < -0.3 is 4.74 Å². The van der Waals surface area contributed by atoms with Gasteiger partial charge in [0.2, 0.25) is 5.78 Å². The van der Waals surface area contributed by atoms with Crippen LogP contribution in [0.2, 0.25) is 0 Å². The van der Waals surface area contributed by atoms with Gasteiger partial charge in [-0.25, -0.2) is 0 Å². The molecule has 0 saturated heterocycles. The molecule has 3 aromatic rings. The Kier molecular flexibility index (Phi) is 5.18. The monoisotopic (exact) mass is 358 g/mol. The summed E-state index contributed by atoms with van der Waals surface area (Å²) >= 11 is 1.23. The Hall–Kier alpha value is -2.61. The van der Waals surface area contributed by atoms with Gasteiger partial charge in [-0.15, -0.1) is 10.2 Å². The van der Waals surface area contributed by atoms with Crippen LogP contribution >= 0.6 is 11.8 Å². The number of hydrogen-bond acceptors (Lipinski definition) is 6. The van der Waals surface area contributed by atoms with Crippen LogP contribution in [0.5, 0.6) is 0 Å². The van der Waals surface area contributed by atoms with E-state index in [-0.39, 0.29) is 29.8 Å². The quantitative estimate of drug-likeness (QED) is 0.537. The number of rotatable bonds is 6. The second-order valence-corrected chi connectivity index (χ2v) is 6.73. The summed E-state index contributed by atoms with van der Waals surface area (Å²) in [5.41, 5.74) is 1.51. The lowest BCUT2D eigenvalue weighted by atomic mass is 10.1. The van der Waals surface area contributed by atoms with Crippen LogP contribution in [-0.2, 0) is 16.1 Å². The Morgan fingerprint density at radius 3 is 2.76 bits per heavy atom. The second-order valence-electron chi connectivity index (χ2n) is 5.79. The van der Waals surface area contributed by atoms with E-state index in [4.69, 9.17) is 4.74 Å². The van der Waals surface area contributed by atoms with Crippen LogP contribution in [0, 0.1) is 0 Å². The lowest BCUT2D eigenvalue weighted by Crippen LogP contribution is -2.13. The summed E-state index contributed by atoms with van der Waals surface area (Å²) in [6.07, 6.45) is 0. The van der Waals surface area contributed by atoms with Crippen LogP contribution in [-0.4, -0.2) is 31.3 Å². The molecule has 3 rings (SSSR count). The fourth-order valence-electron chi connectivity index (χ4n) is 2.35. The van der Waals surface area contributed by atoms with Gasteiger partial charge in [0.1, 0.15) is 6.61 Å². The van der Waals surface area contributed by atoms with E-state index < -0.39 is 0 Å². The Morgan fingerprint density at radius 1 is 1.28 bits per heavy atom. The molecule has 0 fully saturated rings. The highest BCUT2D eigenvalue weighted by molar-refractivity contribution is 7.99. The Bertz CT molecular complexity index is 934. The minimum Gasteiger partial charge on any atom is -0.460 e. The second kappa shape index (κ2) is 7.52. The van der Waals surface area contributed by atoms with Gasteiger partial charge in [0, 0.05) is 11.8 Å². The molecule has 0 amide bonds. The number of esters is 1. The van der Waals surface area contributed by atoms with E-state index in [1.807, 2.05) is 44.2 Å².